The van der Waals surface area contributed by atoms with Gasteiger partial charge >= 0.3 is 0 Å². The number of halogens is 1. The number of rotatable bonds is 9. The minimum Gasteiger partial charge on any atom is -0.493 e. The largest absolute Gasteiger partial charge is 0.493 e. The van der Waals surface area contributed by atoms with E-state index in [0.29, 0.717) is 34.6 Å². The van der Waals surface area contributed by atoms with Gasteiger partial charge in [0.15, 0.2) is 0 Å². The van der Waals surface area contributed by atoms with Crippen molar-refractivity contribution in [2.24, 2.45) is 11.5 Å². The lowest BCUT2D eigenvalue weighted by Crippen LogP contribution is -2.18. The summed E-state index contributed by atoms with van der Waals surface area (Å²) >= 11 is 6.64. The second-order valence-electron chi connectivity index (χ2n) is 7.78. The summed E-state index contributed by atoms with van der Waals surface area (Å²) in [5.74, 6) is 1.04. The SMILES string of the molecule is CCOc1c(C(C)Nc2ncnc(N)c2C(C)N)cc(Cl)c(C)c1-c1cnn(CC(N)=O)c1. The highest BCUT2D eigenvalue weighted by atomic mass is 35.5. The molecule has 2 unspecified atom stereocenters. The van der Waals surface area contributed by atoms with Crippen LogP contribution in [0.2, 0.25) is 5.02 Å². The van der Waals surface area contributed by atoms with E-state index in [9.17, 15) is 4.79 Å². The quantitative estimate of drug-likeness (QED) is 0.369. The summed E-state index contributed by atoms with van der Waals surface area (Å²) < 4.78 is 7.58. The van der Waals surface area contributed by atoms with E-state index in [1.165, 1.54) is 11.0 Å². The molecule has 1 aromatic carbocycles. The molecule has 7 N–H and O–H groups in total. The highest BCUT2D eigenvalue weighted by Crippen LogP contribution is 2.43. The van der Waals surface area contributed by atoms with Crippen LogP contribution in [0.15, 0.2) is 24.8 Å². The number of nitrogens with two attached hydrogens (primary N) is 3. The molecule has 0 radical (unpaired) electrons. The first kappa shape index (κ1) is 24.3. The number of ether oxygens (including phenoxy) is 1. The molecule has 11 heteroatoms. The molecule has 0 spiro atoms. The summed E-state index contributed by atoms with van der Waals surface area (Å²) in [6.45, 7) is 8.02. The summed E-state index contributed by atoms with van der Waals surface area (Å²) in [7, 11) is 0. The van der Waals surface area contributed by atoms with Gasteiger partial charge in [-0.1, -0.05) is 11.6 Å². The van der Waals surface area contributed by atoms with E-state index in [4.69, 9.17) is 33.5 Å². The maximum absolute atomic E-state index is 11.3. The molecular formula is C22H29ClN8O2. The summed E-state index contributed by atoms with van der Waals surface area (Å²) in [5, 5.41) is 8.18. The lowest BCUT2D eigenvalue weighted by Gasteiger charge is -2.24. The summed E-state index contributed by atoms with van der Waals surface area (Å²) in [6.07, 6.45) is 4.79. The highest BCUT2D eigenvalue weighted by molar-refractivity contribution is 6.32. The van der Waals surface area contributed by atoms with Crippen molar-refractivity contribution < 1.29 is 9.53 Å². The van der Waals surface area contributed by atoms with Gasteiger partial charge in [-0.05, 0) is 39.3 Å². The van der Waals surface area contributed by atoms with Crippen LogP contribution in [0.4, 0.5) is 11.6 Å². The van der Waals surface area contributed by atoms with Crippen LogP contribution < -0.4 is 27.3 Å². The fraction of sp³-hybridized carbons (Fsp3) is 0.364. The Labute approximate surface area is 197 Å². The third kappa shape index (κ3) is 5.18. The van der Waals surface area contributed by atoms with Crippen molar-refractivity contribution in [3.8, 4) is 16.9 Å². The van der Waals surface area contributed by atoms with Crippen molar-refractivity contribution in [1.29, 1.82) is 0 Å². The van der Waals surface area contributed by atoms with Gasteiger partial charge in [-0.15, -0.1) is 0 Å². The fourth-order valence-electron chi connectivity index (χ4n) is 3.71. The van der Waals surface area contributed by atoms with Gasteiger partial charge in [0.05, 0.1) is 24.4 Å². The molecule has 0 bridgehead atoms. The van der Waals surface area contributed by atoms with Crippen LogP contribution >= 0.6 is 11.6 Å². The zero-order chi connectivity index (χ0) is 24.3. The molecule has 0 aliphatic carbocycles. The second kappa shape index (κ2) is 10.1. The lowest BCUT2D eigenvalue weighted by molar-refractivity contribution is -0.118. The molecule has 10 nitrogen and oxygen atoms in total. The number of anilines is 2. The molecule has 0 saturated carbocycles. The number of hydrogen-bond acceptors (Lipinski definition) is 8. The van der Waals surface area contributed by atoms with Crippen LogP contribution in [0.3, 0.4) is 0 Å². The first-order valence-corrected chi connectivity index (χ1v) is 10.9. The number of carbonyl (C=O) groups is 1. The molecule has 0 fully saturated rings. The van der Waals surface area contributed by atoms with Crippen LogP contribution in [0.1, 0.15) is 49.5 Å². The number of benzene rings is 1. The van der Waals surface area contributed by atoms with E-state index in [-0.39, 0.29) is 18.6 Å². The van der Waals surface area contributed by atoms with Crippen molar-refractivity contribution in [3.05, 3.63) is 46.5 Å². The average Bonchev–Trinajstić information content (AvgIpc) is 3.17. The van der Waals surface area contributed by atoms with E-state index < -0.39 is 5.91 Å². The van der Waals surface area contributed by atoms with Gasteiger partial charge in [0.25, 0.3) is 0 Å². The van der Waals surface area contributed by atoms with Crippen LogP contribution in [-0.2, 0) is 11.3 Å². The molecule has 0 saturated heterocycles. The van der Waals surface area contributed by atoms with Crippen molar-refractivity contribution in [3.63, 3.8) is 0 Å². The Kier molecular flexibility index (Phi) is 7.39. The minimum atomic E-state index is -0.481. The first-order valence-electron chi connectivity index (χ1n) is 10.5. The molecule has 176 valence electrons. The molecule has 0 aliphatic heterocycles. The van der Waals surface area contributed by atoms with Crippen LogP contribution in [0, 0.1) is 6.92 Å². The minimum absolute atomic E-state index is 0.0242. The van der Waals surface area contributed by atoms with E-state index in [0.717, 1.165) is 22.3 Å². The van der Waals surface area contributed by atoms with Crippen LogP contribution in [0.25, 0.3) is 11.1 Å². The second-order valence-corrected chi connectivity index (χ2v) is 8.19. The van der Waals surface area contributed by atoms with Crippen molar-refractivity contribution in [2.45, 2.75) is 46.3 Å². The normalized spacial score (nSPS) is 12.9. The Balaban J connectivity index is 2.10. The third-order valence-corrected chi connectivity index (χ3v) is 5.62. The molecule has 3 rings (SSSR count). The molecule has 1 amide bonds. The standard InChI is InChI=1S/C22H29ClN8O2/c1-5-33-20-15(13(4)30-22-19(12(3)24)21(26)27-10-28-22)6-16(23)11(2)18(20)14-7-29-31(8-14)9-17(25)32/h6-8,10,12-13H,5,9,24H2,1-4H3,(H2,25,32)(H3,26,27,28,30). The van der Waals surface area contributed by atoms with Crippen LogP contribution in [0.5, 0.6) is 5.75 Å². The summed E-state index contributed by atoms with van der Waals surface area (Å²) in [4.78, 5) is 19.7. The first-order chi connectivity index (χ1) is 15.6. The molecule has 2 heterocycles. The van der Waals surface area contributed by atoms with Crippen LogP contribution in [-0.4, -0.2) is 32.3 Å². The zero-order valence-electron chi connectivity index (χ0n) is 19.1. The average molecular weight is 473 g/mol. The van der Waals surface area contributed by atoms with Gasteiger partial charge in [-0.25, -0.2) is 9.97 Å². The van der Waals surface area contributed by atoms with Crippen molar-refractivity contribution in [1.82, 2.24) is 19.7 Å². The Morgan fingerprint density at radius 2 is 2.06 bits per heavy atom. The number of nitrogen functional groups attached to an aromatic ring is 1. The number of nitrogens with zero attached hydrogens (tertiary/aromatic N) is 4. The fourth-order valence-corrected chi connectivity index (χ4v) is 3.92. The molecule has 2 atom stereocenters. The predicted octanol–water partition coefficient (Wildman–Crippen LogP) is 2.96. The van der Waals surface area contributed by atoms with Gasteiger partial charge in [0, 0.05) is 34.0 Å². The zero-order valence-corrected chi connectivity index (χ0v) is 19.8. The number of aromatic nitrogens is 4. The molecule has 0 aliphatic rings. The maximum Gasteiger partial charge on any atom is 0.239 e. The summed E-state index contributed by atoms with van der Waals surface area (Å²) in [5.41, 5.74) is 21.3. The van der Waals surface area contributed by atoms with E-state index >= 15 is 0 Å². The molecule has 33 heavy (non-hydrogen) atoms. The van der Waals surface area contributed by atoms with E-state index in [1.54, 1.807) is 12.4 Å². The monoisotopic (exact) mass is 472 g/mol. The number of primary amides is 1. The lowest BCUT2D eigenvalue weighted by atomic mass is 9.95. The number of nitrogens with one attached hydrogen (secondary N) is 1. The van der Waals surface area contributed by atoms with Crippen molar-refractivity contribution in [2.75, 3.05) is 17.7 Å². The Hall–Kier alpha value is -3.37. The van der Waals surface area contributed by atoms with Gasteiger partial charge in [-0.2, -0.15) is 5.10 Å². The number of amides is 1. The predicted molar refractivity (Wildman–Crippen MR) is 129 cm³/mol. The molecule has 2 aromatic heterocycles. The summed E-state index contributed by atoms with van der Waals surface area (Å²) in [6, 6.07) is 1.24. The van der Waals surface area contributed by atoms with Gasteiger partial charge in [0.1, 0.15) is 30.3 Å². The molecular weight excluding hydrogens is 444 g/mol. The van der Waals surface area contributed by atoms with Gasteiger partial charge in [-0.3, -0.25) is 9.48 Å². The highest BCUT2D eigenvalue weighted by Gasteiger charge is 2.24. The van der Waals surface area contributed by atoms with Gasteiger partial charge < -0.3 is 27.3 Å². The van der Waals surface area contributed by atoms with Crippen molar-refractivity contribution >= 4 is 29.1 Å². The number of carbonyl (C=O) groups excluding carboxylic acids is 1. The third-order valence-electron chi connectivity index (χ3n) is 5.22. The Morgan fingerprint density at radius 3 is 2.70 bits per heavy atom. The maximum atomic E-state index is 11.3. The topological polar surface area (TPSA) is 160 Å². The Bertz CT molecular complexity index is 1160. The van der Waals surface area contributed by atoms with E-state index in [1.807, 2.05) is 33.8 Å². The number of hydrogen-bond donors (Lipinski definition) is 4. The Morgan fingerprint density at radius 1 is 1.33 bits per heavy atom. The molecule has 3 aromatic rings. The van der Waals surface area contributed by atoms with E-state index in [2.05, 4.69) is 20.4 Å². The smallest absolute Gasteiger partial charge is 0.239 e. The van der Waals surface area contributed by atoms with Gasteiger partial charge in [0.2, 0.25) is 5.91 Å².